The molecule has 3 unspecified atom stereocenters. The van der Waals surface area contributed by atoms with E-state index in [1.807, 2.05) is 4.90 Å². The zero-order chi connectivity index (χ0) is 16.9. The van der Waals surface area contributed by atoms with Crippen LogP contribution in [-0.4, -0.2) is 62.3 Å². The summed E-state index contributed by atoms with van der Waals surface area (Å²) >= 11 is 0. The molecule has 3 atom stereocenters. The zero-order valence-electron chi connectivity index (χ0n) is 14.6. The number of carbonyl (C=O) groups is 2. The van der Waals surface area contributed by atoms with Gasteiger partial charge in [-0.3, -0.25) is 9.59 Å². The van der Waals surface area contributed by atoms with Crippen molar-refractivity contribution in [3.63, 3.8) is 0 Å². The van der Waals surface area contributed by atoms with Gasteiger partial charge in [-0.1, -0.05) is 20.8 Å². The number of carbonyl (C=O) groups excluding carboxylic acids is 2. The number of ether oxygens (including phenoxy) is 2. The van der Waals surface area contributed by atoms with E-state index in [1.165, 1.54) is 7.11 Å². The minimum atomic E-state index is -0.685. The molecule has 2 amide bonds. The Morgan fingerprint density at radius 3 is 2.45 bits per heavy atom. The average molecular weight is 314 g/mol. The van der Waals surface area contributed by atoms with Crippen LogP contribution in [0.4, 0.5) is 0 Å². The fourth-order valence-corrected chi connectivity index (χ4v) is 2.97. The molecule has 0 aromatic carbocycles. The van der Waals surface area contributed by atoms with Crippen LogP contribution in [0.2, 0.25) is 0 Å². The maximum absolute atomic E-state index is 12.9. The molecule has 0 aromatic heterocycles. The minimum Gasteiger partial charge on any atom is -0.379 e. The van der Waals surface area contributed by atoms with Crippen LogP contribution in [0.5, 0.6) is 0 Å². The summed E-state index contributed by atoms with van der Waals surface area (Å²) in [6.45, 7) is 8.87. The van der Waals surface area contributed by atoms with Gasteiger partial charge in [0.05, 0.1) is 6.10 Å². The lowest BCUT2D eigenvalue weighted by molar-refractivity contribution is -0.143. The monoisotopic (exact) mass is 314 g/mol. The van der Waals surface area contributed by atoms with Crippen molar-refractivity contribution < 1.29 is 19.1 Å². The Bertz CT molecular complexity index is 392. The van der Waals surface area contributed by atoms with Crippen molar-refractivity contribution in [1.82, 2.24) is 10.2 Å². The van der Waals surface area contributed by atoms with Gasteiger partial charge < -0.3 is 19.7 Å². The average Bonchev–Trinajstić information content (AvgIpc) is 2.93. The van der Waals surface area contributed by atoms with E-state index >= 15 is 0 Å². The third-order valence-electron chi connectivity index (χ3n) is 4.23. The summed E-state index contributed by atoms with van der Waals surface area (Å²) in [4.78, 5) is 26.6. The summed E-state index contributed by atoms with van der Waals surface area (Å²) < 4.78 is 10.1. The van der Waals surface area contributed by atoms with Crippen molar-refractivity contribution in [2.75, 3.05) is 27.4 Å². The number of hydrogen-bond donors (Lipinski definition) is 1. The van der Waals surface area contributed by atoms with Crippen LogP contribution in [0.25, 0.3) is 0 Å². The van der Waals surface area contributed by atoms with E-state index in [1.54, 1.807) is 14.0 Å². The van der Waals surface area contributed by atoms with Crippen molar-refractivity contribution in [3.8, 4) is 0 Å². The molecule has 1 fully saturated rings. The molecule has 128 valence electrons. The Labute approximate surface area is 133 Å². The SMILES string of the molecule is COCC(=O)NC(C(=O)N1CCCC1C(C)(C)C)C(C)OC. The van der Waals surface area contributed by atoms with Crippen molar-refractivity contribution in [2.24, 2.45) is 5.41 Å². The largest absolute Gasteiger partial charge is 0.379 e. The van der Waals surface area contributed by atoms with E-state index in [-0.39, 0.29) is 29.9 Å². The minimum absolute atomic E-state index is 0.0174. The molecular weight excluding hydrogens is 284 g/mol. The first-order valence-electron chi connectivity index (χ1n) is 7.84. The number of rotatable bonds is 6. The first kappa shape index (κ1) is 18.9. The van der Waals surface area contributed by atoms with Gasteiger partial charge in [0, 0.05) is 26.8 Å². The molecule has 0 aromatic rings. The quantitative estimate of drug-likeness (QED) is 0.799. The van der Waals surface area contributed by atoms with E-state index in [4.69, 9.17) is 9.47 Å². The molecule has 0 aliphatic carbocycles. The van der Waals surface area contributed by atoms with E-state index in [9.17, 15) is 9.59 Å². The predicted molar refractivity (Wildman–Crippen MR) is 84.5 cm³/mol. The second-order valence-corrected chi connectivity index (χ2v) is 6.97. The van der Waals surface area contributed by atoms with Gasteiger partial charge in [0.1, 0.15) is 12.6 Å². The number of hydrogen-bond acceptors (Lipinski definition) is 4. The summed E-state index contributed by atoms with van der Waals surface area (Å²) in [5.74, 6) is -0.382. The molecule has 22 heavy (non-hydrogen) atoms. The maximum atomic E-state index is 12.9. The number of amides is 2. The van der Waals surface area contributed by atoms with E-state index in [0.717, 1.165) is 19.4 Å². The molecule has 1 aliphatic heterocycles. The molecule has 1 heterocycles. The molecule has 1 aliphatic rings. The number of nitrogens with zero attached hydrogens (tertiary/aromatic N) is 1. The van der Waals surface area contributed by atoms with Crippen LogP contribution in [0.3, 0.4) is 0 Å². The predicted octanol–water partition coefficient (Wildman–Crippen LogP) is 1.19. The van der Waals surface area contributed by atoms with Gasteiger partial charge in [-0.05, 0) is 25.2 Å². The van der Waals surface area contributed by atoms with Gasteiger partial charge >= 0.3 is 0 Å². The third-order valence-corrected chi connectivity index (χ3v) is 4.23. The Kier molecular flexibility index (Phi) is 6.81. The summed E-state index contributed by atoms with van der Waals surface area (Å²) in [5, 5.41) is 2.74. The lowest BCUT2D eigenvalue weighted by atomic mass is 9.85. The highest BCUT2D eigenvalue weighted by Gasteiger charge is 2.41. The Hall–Kier alpha value is -1.14. The second-order valence-electron chi connectivity index (χ2n) is 6.97. The van der Waals surface area contributed by atoms with Crippen molar-refractivity contribution >= 4 is 11.8 Å². The normalized spacial score (nSPS) is 21.5. The van der Waals surface area contributed by atoms with Gasteiger partial charge in [0.2, 0.25) is 11.8 Å². The number of methoxy groups -OCH3 is 2. The van der Waals surface area contributed by atoms with E-state index in [2.05, 4.69) is 26.1 Å². The number of likely N-dealkylation sites (tertiary alicyclic amines) is 1. The molecule has 1 saturated heterocycles. The Morgan fingerprint density at radius 1 is 1.32 bits per heavy atom. The van der Waals surface area contributed by atoms with Gasteiger partial charge in [0.15, 0.2) is 0 Å². The third kappa shape index (κ3) is 4.68. The van der Waals surface area contributed by atoms with E-state index < -0.39 is 12.1 Å². The fourth-order valence-electron chi connectivity index (χ4n) is 2.97. The molecule has 0 spiro atoms. The Balaban J connectivity index is 2.89. The molecule has 1 N–H and O–H groups in total. The molecule has 0 radical (unpaired) electrons. The second kappa shape index (κ2) is 7.92. The smallest absolute Gasteiger partial charge is 0.248 e. The molecule has 0 saturated carbocycles. The first-order chi connectivity index (χ1) is 10.2. The molecule has 6 nitrogen and oxygen atoms in total. The van der Waals surface area contributed by atoms with Crippen LogP contribution in [0.15, 0.2) is 0 Å². The maximum Gasteiger partial charge on any atom is 0.248 e. The van der Waals surface area contributed by atoms with Crippen LogP contribution >= 0.6 is 0 Å². The van der Waals surface area contributed by atoms with Gasteiger partial charge in [-0.2, -0.15) is 0 Å². The van der Waals surface area contributed by atoms with Crippen LogP contribution in [-0.2, 0) is 19.1 Å². The highest BCUT2D eigenvalue weighted by molar-refractivity contribution is 5.89. The summed E-state index contributed by atoms with van der Waals surface area (Å²) in [6.07, 6.45) is 1.60. The zero-order valence-corrected chi connectivity index (χ0v) is 14.6. The van der Waals surface area contributed by atoms with Gasteiger partial charge in [-0.25, -0.2) is 0 Å². The first-order valence-corrected chi connectivity index (χ1v) is 7.84. The van der Waals surface area contributed by atoms with Crippen molar-refractivity contribution in [2.45, 2.75) is 58.7 Å². The lowest BCUT2D eigenvalue weighted by Crippen LogP contribution is -2.57. The van der Waals surface area contributed by atoms with Crippen LogP contribution in [0, 0.1) is 5.41 Å². The van der Waals surface area contributed by atoms with Gasteiger partial charge in [0.25, 0.3) is 0 Å². The topological polar surface area (TPSA) is 67.9 Å². The van der Waals surface area contributed by atoms with Crippen molar-refractivity contribution in [1.29, 1.82) is 0 Å². The Morgan fingerprint density at radius 2 is 1.95 bits per heavy atom. The van der Waals surface area contributed by atoms with Crippen LogP contribution in [0.1, 0.15) is 40.5 Å². The summed E-state index contributed by atoms with van der Waals surface area (Å²) in [6, 6.07) is -0.499. The van der Waals surface area contributed by atoms with E-state index in [0.29, 0.717) is 0 Å². The van der Waals surface area contributed by atoms with Gasteiger partial charge in [-0.15, -0.1) is 0 Å². The molecule has 6 heteroatoms. The molecule has 1 rings (SSSR count). The lowest BCUT2D eigenvalue weighted by Gasteiger charge is -2.37. The van der Waals surface area contributed by atoms with Crippen LogP contribution < -0.4 is 5.32 Å². The summed E-state index contributed by atoms with van der Waals surface area (Å²) in [5.41, 5.74) is 0.0174. The fraction of sp³-hybridized carbons (Fsp3) is 0.875. The number of nitrogens with one attached hydrogen (secondary N) is 1. The highest BCUT2D eigenvalue weighted by Crippen LogP contribution is 2.33. The molecule has 0 bridgehead atoms. The standard InChI is InChI=1S/C16H30N2O4/c1-11(22-6)14(17-13(19)10-21-5)15(20)18-9-7-8-12(18)16(2,3)4/h11-12,14H,7-10H2,1-6H3,(H,17,19). The summed E-state index contributed by atoms with van der Waals surface area (Å²) in [7, 11) is 2.99. The molecular formula is C16H30N2O4. The van der Waals surface area contributed by atoms with Crippen molar-refractivity contribution in [3.05, 3.63) is 0 Å². The highest BCUT2D eigenvalue weighted by atomic mass is 16.5.